The molecular formula is C8H11N3O3. The van der Waals surface area contributed by atoms with Crippen LogP contribution in [-0.2, 0) is 6.42 Å². The molecule has 6 nitrogen and oxygen atoms in total. The van der Waals surface area contributed by atoms with E-state index >= 15 is 0 Å². The first-order valence-electron chi connectivity index (χ1n) is 4.40. The SMILES string of the molecule is CC1c2[nH][nH]c(=O)c2CCN1C(=O)O. The van der Waals surface area contributed by atoms with Crippen molar-refractivity contribution in [2.75, 3.05) is 6.54 Å². The molecule has 1 aromatic heterocycles. The first kappa shape index (κ1) is 8.86. The quantitative estimate of drug-likeness (QED) is 0.558. The van der Waals surface area contributed by atoms with Gasteiger partial charge in [-0.05, 0) is 13.3 Å². The van der Waals surface area contributed by atoms with E-state index in [0.29, 0.717) is 24.2 Å². The molecule has 1 unspecified atom stereocenters. The highest BCUT2D eigenvalue weighted by Crippen LogP contribution is 2.24. The van der Waals surface area contributed by atoms with E-state index in [1.54, 1.807) is 6.92 Å². The summed E-state index contributed by atoms with van der Waals surface area (Å²) >= 11 is 0. The van der Waals surface area contributed by atoms with Crippen molar-refractivity contribution in [2.24, 2.45) is 0 Å². The Hall–Kier alpha value is -1.72. The van der Waals surface area contributed by atoms with Crippen molar-refractivity contribution in [1.82, 2.24) is 15.1 Å². The van der Waals surface area contributed by atoms with E-state index in [0.717, 1.165) is 0 Å². The highest BCUT2D eigenvalue weighted by molar-refractivity contribution is 5.66. The molecule has 0 bridgehead atoms. The second kappa shape index (κ2) is 2.90. The third-order valence-electron chi connectivity index (χ3n) is 2.64. The van der Waals surface area contributed by atoms with Gasteiger partial charge in [-0.3, -0.25) is 19.9 Å². The summed E-state index contributed by atoms with van der Waals surface area (Å²) in [5, 5.41) is 14.1. The van der Waals surface area contributed by atoms with Crippen LogP contribution in [-0.4, -0.2) is 32.8 Å². The number of amides is 1. The zero-order valence-electron chi connectivity index (χ0n) is 7.70. The summed E-state index contributed by atoms with van der Waals surface area (Å²) in [5.41, 5.74) is 1.22. The van der Waals surface area contributed by atoms with Gasteiger partial charge in [0.15, 0.2) is 0 Å². The van der Waals surface area contributed by atoms with Gasteiger partial charge < -0.3 is 5.11 Å². The Morgan fingerprint density at radius 3 is 2.93 bits per heavy atom. The average molecular weight is 197 g/mol. The molecule has 2 heterocycles. The monoisotopic (exact) mass is 197 g/mol. The van der Waals surface area contributed by atoms with Crippen LogP contribution in [0.25, 0.3) is 0 Å². The number of nitrogens with one attached hydrogen (secondary N) is 2. The number of hydrogen-bond acceptors (Lipinski definition) is 2. The van der Waals surface area contributed by atoms with E-state index in [2.05, 4.69) is 10.2 Å². The number of aromatic nitrogens is 2. The van der Waals surface area contributed by atoms with E-state index in [9.17, 15) is 9.59 Å². The third-order valence-corrected chi connectivity index (χ3v) is 2.64. The topological polar surface area (TPSA) is 89.2 Å². The predicted molar refractivity (Wildman–Crippen MR) is 48.3 cm³/mol. The molecule has 2 rings (SSSR count). The minimum atomic E-state index is -0.954. The molecule has 0 spiro atoms. The molecular weight excluding hydrogens is 186 g/mol. The summed E-state index contributed by atoms with van der Waals surface area (Å²) in [6, 6.07) is -0.282. The lowest BCUT2D eigenvalue weighted by Gasteiger charge is -2.29. The number of fused-ring (bicyclic) bond motifs is 1. The maximum Gasteiger partial charge on any atom is 0.407 e. The van der Waals surface area contributed by atoms with Crippen LogP contribution in [0.1, 0.15) is 24.2 Å². The van der Waals surface area contributed by atoms with Gasteiger partial charge in [-0.1, -0.05) is 0 Å². The highest BCUT2D eigenvalue weighted by atomic mass is 16.4. The molecule has 0 fully saturated rings. The highest BCUT2D eigenvalue weighted by Gasteiger charge is 2.29. The minimum Gasteiger partial charge on any atom is -0.465 e. The number of H-pyrrole nitrogens is 2. The fourth-order valence-corrected chi connectivity index (χ4v) is 1.85. The first-order chi connectivity index (χ1) is 6.61. The molecule has 76 valence electrons. The second-order valence-electron chi connectivity index (χ2n) is 3.37. The lowest BCUT2D eigenvalue weighted by atomic mass is 10.0. The van der Waals surface area contributed by atoms with Gasteiger partial charge in [0.25, 0.3) is 5.56 Å². The largest absolute Gasteiger partial charge is 0.465 e. The summed E-state index contributed by atoms with van der Waals surface area (Å²) in [4.78, 5) is 23.3. The summed E-state index contributed by atoms with van der Waals surface area (Å²) in [6.45, 7) is 2.14. The molecule has 0 aromatic carbocycles. The molecule has 1 aliphatic heterocycles. The maximum absolute atomic E-state index is 11.2. The van der Waals surface area contributed by atoms with Crippen LogP contribution in [0.2, 0.25) is 0 Å². The zero-order valence-corrected chi connectivity index (χ0v) is 7.70. The van der Waals surface area contributed by atoms with Crippen LogP contribution in [0.15, 0.2) is 4.79 Å². The van der Waals surface area contributed by atoms with Gasteiger partial charge in [-0.2, -0.15) is 0 Å². The van der Waals surface area contributed by atoms with E-state index < -0.39 is 6.09 Å². The Balaban J connectivity index is 2.41. The van der Waals surface area contributed by atoms with Crippen LogP contribution in [0.5, 0.6) is 0 Å². The van der Waals surface area contributed by atoms with Crippen LogP contribution in [0.3, 0.4) is 0 Å². The second-order valence-corrected chi connectivity index (χ2v) is 3.37. The molecule has 1 aromatic rings. The van der Waals surface area contributed by atoms with Gasteiger partial charge in [0.05, 0.1) is 11.7 Å². The Morgan fingerprint density at radius 1 is 1.57 bits per heavy atom. The number of hydrogen-bond donors (Lipinski definition) is 3. The van der Waals surface area contributed by atoms with Crippen LogP contribution < -0.4 is 5.56 Å². The number of nitrogens with zero attached hydrogens (tertiary/aromatic N) is 1. The lowest BCUT2D eigenvalue weighted by Crippen LogP contribution is -2.38. The third kappa shape index (κ3) is 1.11. The van der Waals surface area contributed by atoms with E-state index in [4.69, 9.17) is 5.11 Å². The summed E-state index contributed by atoms with van der Waals surface area (Å²) < 4.78 is 0. The fraction of sp³-hybridized carbons (Fsp3) is 0.500. The van der Waals surface area contributed by atoms with Crippen molar-refractivity contribution in [2.45, 2.75) is 19.4 Å². The molecule has 6 heteroatoms. The summed E-state index contributed by atoms with van der Waals surface area (Å²) in [6.07, 6.45) is -0.477. The Labute approximate surface area is 79.5 Å². The summed E-state index contributed by atoms with van der Waals surface area (Å²) in [7, 11) is 0. The summed E-state index contributed by atoms with van der Waals surface area (Å²) in [5.74, 6) is 0. The number of rotatable bonds is 0. The predicted octanol–water partition coefficient (Wildman–Crippen LogP) is 0.300. The van der Waals surface area contributed by atoms with Crippen molar-refractivity contribution >= 4 is 6.09 Å². The van der Waals surface area contributed by atoms with Crippen molar-refractivity contribution in [1.29, 1.82) is 0 Å². The van der Waals surface area contributed by atoms with Crippen molar-refractivity contribution in [3.05, 3.63) is 21.6 Å². The van der Waals surface area contributed by atoms with Crippen molar-refractivity contribution < 1.29 is 9.90 Å². The van der Waals surface area contributed by atoms with Gasteiger partial charge in [-0.25, -0.2) is 4.79 Å². The van der Waals surface area contributed by atoms with Gasteiger partial charge >= 0.3 is 6.09 Å². The van der Waals surface area contributed by atoms with E-state index in [1.165, 1.54) is 4.90 Å². The zero-order chi connectivity index (χ0) is 10.3. The Kier molecular flexibility index (Phi) is 1.83. The molecule has 0 saturated heterocycles. The van der Waals surface area contributed by atoms with Crippen LogP contribution >= 0.6 is 0 Å². The Morgan fingerprint density at radius 2 is 2.29 bits per heavy atom. The Bertz CT molecular complexity index is 420. The standard InChI is InChI=1S/C8H11N3O3/c1-4-6-5(7(12)10-9-6)2-3-11(4)8(13)14/h4H,2-3H2,1H3,(H,13,14)(H2,9,10,12). The molecule has 14 heavy (non-hydrogen) atoms. The first-order valence-corrected chi connectivity index (χ1v) is 4.40. The van der Waals surface area contributed by atoms with E-state index in [1.807, 2.05) is 0 Å². The van der Waals surface area contributed by atoms with Gasteiger partial charge in [0, 0.05) is 12.1 Å². The fourth-order valence-electron chi connectivity index (χ4n) is 1.85. The van der Waals surface area contributed by atoms with Crippen LogP contribution in [0.4, 0.5) is 4.79 Å². The maximum atomic E-state index is 11.2. The molecule has 0 aliphatic carbocycles. The van der Waals surface area contributed by atoms with Crippen molar-refractivity contribution in [3.63, 3.8) is 0 Å². The number of carboxylic acid groups (broad SMARTS) is 1. The number of aromatic amines is 2. The van der Waals surface area contributed by atoms with Crippen LogP contribution in [0, 0.1) is 0 Å². The lowest BCUT2D eigenvalue weighted by molar-refractivity contribution is 0.123. The smallest absolute Gasteiger partial charge is 0.407 e. The minimum absolute atomic E-state index is 0.142. The number of carbonyl (C=O) groups is 1. The van der Waals surface area contributed by atoms with Crippen molar-refractivity contribution in [3.8, 4) is 0 Å². The molecule has 0 saturated carbocycles. The van der Waals surface area contributed by atoms with E-state index in [-0.39, 0.29) is 11.6 Å². The normalized spacial score (nSPS) is 20.6. The molecule has 1 aliphatic rings. The molecule has 1 atom stereocenters. The van der Waals surface area contributed by atoms with Gasteiger partial charge in [0.1, 0.15) is 0 Å². The van der Waals surface area contributed by atoms with Gasteiger partial charge in [0.2, 0.25) is 0 Å². The average Bonchev–Trinajstić information content (AvgIpc) is 2.49. The van der Waals surface area contributed by atoms with Gasteiger partial charge in [-0.15, -0.1) is 0 Å². The molecule has 0 radical (unpaired) electrons. The molecule has 3 N–H and O–H groups in total. The molecule has 1 amide bonds.